The molecule has 0 saturated carbocycles. The van der Waals surface area contributed by atoms with Crippen molar-refractivity contribution in [3.8, 4) is 11.5 Å². The Bertz CT molecular complexity index is 1140. The monoisotopic (exact) mass is 588 g/mol. The van der Waals surface area contributed by atoms with E-state index in [-0.39, 0.29) is 23.7 Å². The molecule has 0 radical (unpaired) electrons. The van der Waals surface area contributed by atoms with E-state index in [1.165, 1.54) is 38.6 Å². The van der Waals surface area contributed by atoms with Crippen LogP contribution in [0.25, 0.3) is 0 Å². The highest BCUT2D eigenvalue weighted by Crippen LogP contribution is 2.36. The quantitative estimate of drug-likeness (QED) is 0.160. The van der Waals surface area contributed by atoms with Crippen LogP contribution in [-0.4, -0.2) is 57.9 Å². The fourth-order valence-electron chi connectivity index (χ4n) is 2.78. The van der Waals surface area contributed by atoms with Gasteiger partial charge in [0.15, 0.2) is 18.1 Å². The Kier molecular flexibility index (Phi) is 11.3. The first-order valence-electron chi connectivity index (χ1n) is 10.6. The lowest BCUT2D eigenvalue weighted by Crippen LogP contribution is -2.38. The van der Waals surface area contributed by atoms with Gasteiger partial charge in [-0.2, -0.15) is 18.3 Å². The van der Waals surface area contributed by atoms with Gasteiger partial charge < -0.3 is 24.8 Å². The van der Waals surface area contributed by atoms with Gasteiger partial charge in [0.1, 0.15) is 0 Å². The van der Waals surface area contributed by atoms with Gasteiger partial charge in [0.2, 0.25) is 0 Å². The number of ether oxygens (including phenoxy) is 3. The van der Waals surface area contributed by atoms with Gasteiger partial charge in [0.05, 0.1) is 23.4 Å². The lowest BCUT2D eigenvalue weighted by atomic mass is 10.2. The summed E-state index contributed by atoms with van der Waals surface area (Å²) in [6, 6.07) is 7.24. The minimum atomic E-state index is -4.54. The molecule has 0 saturated heterocycles. The molecule has 0 unspecified atom stereocenters. The number of methoxy groups -OCH3 is 2. The Hall–Kier alpha value is -3.65. The van der Waals surface area contributed by atoms with E-state index in [0.29, 0.717) is 23.1 Å². The van der Waals surface area contributed by atoms with Crippen LogP contribution < -0.4 is 25.5 Å². The fourth-order valence-corrected chi connectivity index (χ4v) is 3.35. The Balaban J connectivity index is 1.96. The third-order valence-corrected chi connectivity index (χ3v) is 5.06. The lowest BCUT2D eigenvalue weighted by Gasteiger charge is -2.14. The Morgan fingerprint density at radius 3 is 2.54 bits per heavy atom. The average Bonchev–Trinajstić information content (AvgIpc) is 2.85. The minimum Gasteiger partial charge on any atom is -0.493 e. The highest BCUT2D eigenvalue weighted by Gasteiger charge is 2.30. The first-order chi connectivity index (χ1) is 17.5. The average molecular weight is 589 g/mol. The van der Waals surface area contributed by atoms with E-state index in [2.05, 4.69) is 37.1 Å². The molecular formula is C23H24BrF3N4O6. The number of carbonyl (C=O) groups excluding carboxylic acids is 3. The maximum Gasteiger partial charge on any atom is 0.416 e. The zero-order chi connectivity index (χ0) is 27.4. The van der Waals surface area contributed by atoms with E-state index in [1.807, 2.05) is 0 Å². The van der Waals surface area contributed by atoms with Crippen molar-refractivity contribution in [3.63, 3.8) is 0 Å². The molecule has 0 bridgehead atoms. The molecule has 0 atom stereocenters. The van der Waals surface area contributed by atoms with Crippen molar-refractivity contribution < 1.29 is 41.8 Å². The van der Waals surface area contributed by atoms with E-state index in [9.17, 15) is 27.6 Å². The van der Waals surface area contributed by atoms with Crippen molar-refractivity contribution in [2.45, 2.75) is 12.6 Å². The predicted octanol–water partition coefficient (Wildman–Crippen LogP) is 3.10. The van der Waals surface area contributed by atoms with Crippen LogP contribution in [0, 0.1) is 0 Å². The smallest absolute Gasteiger partial charge is 0.416 e. The summed E-state index contributed by atoms with van der Waals surface area (Å²) in [7, 11) is 2.88. The molecule has 10 nitrogen and oxygen atoms in total. The number of amides is 3. The number of benzene rings is 2. The maximum absolute atomic E-state index is 12.8. The first-order valence-corrected chi connectivity index (χ1v) is 11.4. The van der Waals surface area contributed by atoms with Crippen LogP contribution in [0.4, 0.5) is 18.9 Å². The van der Waals surface area contributed by atoms with Crippen molar-refractivity contribution in [1.29, 1.82) is 0 Å². The summed E-state index contributed by atoms with van der Waals surface area (Å²) in [5.74, 6) is -2.14. The molecule has 2 aromatic carbocycles. The van der Waals surface area contributed by atoms with Gasteiger partial charge in [0, 0.05) is 25.9 Å². The number of halogens is 4. The maximum atomic E-state index is 12.8. The van der Waals surface area contributed by atoms with Crippen LogP contribution in [0.2, 0.25) is 0 Å². The molecule has 2 rings (SSSR count). The number of carbonyl (C=O) groups is 3. The number of anilines is 1. The number of nitrogens with one attached hydrogen (secondary N) is 3. The first kappa shape index (κ1) is 29.6. The number of rotatable bonds is 11. The number of nitrogens with zero attached hydrogens (tertiary/aromatic N) is 1. The van der Waals surface area contributed by atoms with Gasteiger partial charge in [-0.25, -0.2) is 5.43 Å². The molecule has 0 spiro atoms. The third-order valence-electron chi connectivity index (χ3n) is 4.47. The van der Waals surface area contributed by atoms with Crippen LogP contribution in [0.5, 0.6) is 11.5 Å². The lowest BCUT2D eigenvalue weighted by molar-refractivity contribution is -0.139. The van der Waals surface area contributed by atoms with Gasteiger partial charge in [-0.05, 0) is 58.2 Å². The normalized spacial score (nSPS) is 11.2. The van der Waals surface area contributed by atoms with Crippen LogP contribution in [-0.2, 0) is 25.3 Å². The number of hydrazone groups is 1. The van der Waals surface area contributed by atoms with Crippen molar-refractivity contribution in [1.82, 2.24) is 10.7 Å². The van der Waals surface area contributed by atoms with Crippen LogP contribution in [0.15, 0.2) is 46.0 Å². The molecular weight excluding hydrogens is 565 g/mol. The molecule has 3 N–H and O–H groups in total. The molecule has 3 amide bonds. The molecule has 0 aliphatic carbocycles. The van der Waals surface area contributed by atoms with Crippen molar-refractivity contribution in [2.75, 3.05) is 39.3 Å². The second kappa shape index (κ2) is 14.2. The van der Waals surface area contributed by atoms with Gasteiger partial charge in [0.25, 0.3) is 5.91 Å². The highest BCUT2D eigenvalue weighted by atomic mass is 79.9. The number of hydrogen-bond donors (Lipinski definition) is 3. The van der Waals surface area contributed by atoms with Crippen LogP contribution in [0.3, 0.4) is 0 Å². The zero-order valence-corrected chi connectivity index (χ0v) is 21.4. The SMILES string of the molecule is COCCCNC(=O)C(=O)N/N=C/c1cc(Br)c(OCC(=O)Nc2cccc(C(F)(F)F)c2)c(OC)c1. The number of alkyl halides is 3. The highest BCUT2D eigenvalue weighted by molar-refractivity contribution is 9.10. The van der Waals surface area contributed by atoms with Gasteiger partial charge in [-0.15, -0.1) is 0 Å². The van der Waals surface area contributed by atoms with E-state index in [1.54, 1.807) is 6.07 Å². The van der Waals surface area contributed by atoms with Gasteiger partial charge in [-0.3, -0.25) is 14.4 Å². The van der Waals surface area contributed by atoms with Crippen LogP contribution in [0.1, 0.15) is 17.5 Å². The summed E-state index contributed by atoms with van der Waals surface area (Å²) in [5.41, 5.74) is 1.61. The van der Waals surface area contributed by atoms with E-state index in [0.717, 1.165) is 12.1 Å². The minimum absolute atomic E-state index is 0.0354. The Morgan fingerprint density at radius 1 is 1.11 bits per heavy atom. The summed E-state index contributed by atoms with van der Waals surface area (Å²) >= 11 is 3.29. The summed E-state index contributed by atoms with van der Waals surface area (Å²) in [6.07, 6.45) is -2.73. The molecule has 0 aliphatic rings. The molecule has 0 fully saturated rings. The van der Waals surface area contributed by atoms with Gasteiger partial charge >= 0.3 is 18.0 Å². The second-order valence-electron chi connectivity index (χ2n) is 7.25. The zero-order valence-electron chi connectivity index (χ0n) is 19.8. The molecule has 14 heteroatoms. The molecule has 0 aliphatic heterocycles. The molecule has 0 aromatic heterocycles. The topological polar surface area (TPSA) is 127 Å². The summed E-state index contributed by atoms with van der Waals surface area (Å²) < 4.78 is 54.5. The predicted molar refractivity (Wildman–Crippen MR) is 132 cm³/mol. The van der Waals surface area contributed by atoms with E-state index in [4.69, 9.17) is 14.2 Å². The number of hydrogen-bond acceptors (Lipinski definition) is 7. The Morgan fingerprint density at radius 2 is 1.86 bits per heavy atom. The summed E-state index contributed by atoms with van der Waals surface area (Å²) in [4.78, 5) is 35.7. The standard InChI is InChI=1S/C23H24BrF3N4O6/c1-35-8-4-7-28-21(33)22(34)31-29-12-14-9-17(24)20(18(10-14)36-2)37-13-19(32)30-16-6-3-5-15(11-16)23(25,26)27/h3,5-6,9-12H,4,7-8,13H2,1-2H3,(H,28,33)(H,30,32)(H,31,34)/b29-12+. The van der Waals surface area contributed by atoms with Crippen molar-refractivity contribution in [3.05, 3.63) is 52.0 Å². The van der Waals surface area contributed by atoms with Crippen molar-refractivity contribution in [2.24, 2.45) is 5.10 Å². The fraction of sp³-hybridized carbons (Fsp3) is 0.304. The van der Waals surface area contributed by atoms with Crippen molar-refractivity contribution >= 4 is 45.6 Å². The van der Waals surface area contributed by atoms with Crippen LogP contribution >= 0.6 is 15.9 Å². The van der Waals surface area contributed by atoms with Gasteiger partial charge in [-0.1, -0.05) is 6.07 Å². The Labute approximate surface area is 218 Å². The largest absolute Gasteiger partial charge is 0.493 e. The molecule has 200 valence electrons. The van der Waals surface area contributed by atoms with E-state index < -0.39 is 36.1 Å². The summed E-state index contributed by atoms with van der Waals surface area (Å²) in [5, 5.41) is 8.48. The van der Waals surface area contributed by atoms with E-state index >= 15 is 0 Å². The summed E-state index contributed by atoms with van der Waals surface area (Å²) in [6.45, 7) is 0.193. The molecule has 0 heterocycles. The third kappa shape index (κ3) is 9.73. The second-order valence-corrected chi connectivity index (χ2v) is 8.11. The molecule has 2 aromatic rings. The molecule has 37 heavy (non-hydrogen) atoms.